The molecule has 3 aromatic carbocycles. The Balaban J connectivity index is 1.57. The molecule has 1 heterocycles. The van der Waals surface area contributed by atoms with E-state index >= 15 is 0 Å². The summed E-state index contributed by atoms with van der Waals surface area (Å²) in [7, 11) is 1.43. The highest BCUT2D eigenvalue weighted by atomic mass is 32.1. The van der Waals surface area contributed by atoms with E-state index in [1.54, 1.807) is 30.3 Å². The van der Waals surface area contributed by atoms with E-state index in [2.05, 4.69) is 5.32 Å². The second kappa shape index (κ2) is 10.3. The third-order valence-corrected chi connectivity index (χ3v) is 5.49. The number of halogens is 1. The Morgan fingerprint density at radius 1 is 1.08 bits per heavy atom. The second-order valence-corrected chi connectivity index (χ2v) is 7.95. The smallest absolute Gasteiger partial charge is 0.270 e. The van der Waals surface area contributed by atoms with Crippen molar-refractivity contribution in [3.63, 3.8) is 0 Å². The van der Waals surface area contributed by atoms with Gasteiger partial charge in [0.1, 0.15) is 18.0 Å². The number of ether oxygens (including phenoxy) is 2. The van der Waals surface area contributed by atoms with Crippen molar-refractivity contribution >= 4 is 46.6 Å². The molecule has 0 radical (unpaired) electrons. The van der Waals surface area contributed by atoms with Gasteiger partial charge in [-0.1, -0.05) is 18.2 Å². The van der Waals surface area contributed by atoms with Crippen LogP contribution in [0.2, 0.25) is 0 Å². The third-order valence-electron chi connectivity index (χ3n) is 5.20. The number of nitro benzene ring substituents is 1. The lowest BCUT2D eigenvalue weighted by Gasteiger charge is -2.28. The number of nitrogens with one attached hydrogen (secondary N) is 1. The van der Waals surface area contributed by atoms with Gasteiger partial charge in [-0.2, -0.15) is 0 Å². The quantitative estimate of drug-likeness (QED) is 0.168. The summed E-state index contributed by atoms with van der Waals surface area (Å²) in [6.07, 6.45) is 1.38. The number of anilines is 1. The van der Waals surface area contributed by atoms with Gasteiger partial charge in [0.05, 0.1) is 17.7 Å². The molecule has 0 spiro atoms. The number of thiocarbonyl (C=S) groups is 1. The molecule has 1 N–H and O–H groups in total. The number of methoxy groups -OCH3 is 1. The number of carbonyl (C=O) groups excluding carboxylic acids is 2. The normalized spacial score (nSPS) is 14.6. The van der Waals surface area contributed by atoms with Crippen LogP contribution in [0.15, 0.2) is 72.3 Å². The molecule has 0 aromatic heterocycles. The molecule has 2 amide bonds. The molecule has 0 saturated carbocycles. The van der Waals surface area contributed by atoms with Crippen LogP contribution >= 0.6 is 12.2 Å². The summed E-state index contributed by atoms with van der Waals surface area (Å²) >= 11 is 5.14. The van der Waals surface area contributed by atoms with Gasteiger partial charge in [-0.05, 0) is 65.8 Å². The van der Waals surface area contributed by atoms with Gasteiger partial charge in [-0.15, -0.1) is 0 Å². The summed E-state index contributed by atoms with van der Waals surface area (Å²) in [6.45, 7) is 0.0590. The van der Waals surface area contributed by atoms with Crippen LogP contribution in [0.1, 0.15) is 11.1 Å². The minimum atomic E-state index is -0.673. The van der Waals surface area contributed by atoms with Crippen LogP contribution in [0, 0.1) is 15.9 Å². The standard InChI is InChI=1S/C25H18FN3O6S/c1-34-22-13-15(5-10-21(22)35-14-16-3-2-4-19(11-16)29(32)33)12-20-23(30)27-25(36)28(24(20)31)18-8-6-17(26)7-9-18/h2-13H,14H2,1H3,(H,27,30,36)/b20-12-. The van der Waals surface area contributed by atoms with E-state index in [-0.39, 0.29) is 23.0 Å². The lowest BCUT2D eigenvalue weighted by atomic mass is 10.1. The van der Waals surface area contributed by atoms with Gasteiger partial charge in [-0.25, -0.2) is 4.39 Å². The fourth-order valence-corrected chi connectivity index (χ4v) is 3.74. The second-order valence-electron chi connectivity index (χ2n) is 7.56. The minimum Gasteiger partial charge on any atom is -0.493 e. The molecule has 0 bridgehead atoms. The van der Waals surface area contributed by atoms with E-state index in [0.29, 0.717) is 28.3 Å². The highest BCUT2D eigenvalue weighted by Crippen LogP contribution is 2.31. The molecule has 3 aromatic rings. The van der Waals surface area contributed by atoms with E-state index < -0.39 is 22.6 Å². The van der Waals surface area contributed by atoms with Crippen LogP contribution < -0.4 is 19.7 Å². The SMILES string of the molecule is COc1cc(/C=C2/C(=O)NC(=S)N(c3ccc(F)cc3)C2=O)ccc1OCc1cccc([N+](=O)[O-])c1. The Morgan fingerprint density at radius 2 is 1.83 bits per heavy atom. The first-order chi connectivity index (χ1) is 17.3. The zero-order chi connectivity index (χ0) is 25.8. The van der Waals surface area contributed by atoms with Crippen molar-refractivity contribution in [3.8, 4) is 11.5 Å². The maximum atomic E-state index is 13.3. The summed E-state index contributed by atoms with van der Waals surface area (Å²) in [6, 6.07) is 16.0. The molecule has 36 heavy (non-hydrogen) atoms. The number of nitro groups is 1. The van der Waals surface area contributed by atoms with E-state index in [4.69, 9.17) is 21.7 Å². The van der Waals surface area contributed by atoms with Crippen molar-refractivity contribution in [2.24, 2.45) is 0 Å². The van der Waals surface area contributed by atoms with Crippen LogP contribution in [-0.2, 0) is 16.2 Å². The van der Waals surface area contributed by atoms with E-state index in [1.165, 1.54) is 49.6 Å². The molecular weight excluding hydrogens is 489 g/mol. The lowest BCUT2D eigenvalue weighted by Crippen LogP contribution is -2.54. The van der Waals surface area contributed by atoms with Gasteiger partial charge in [-0.3, -0.25) is 29.9 Å². The topological polar surface area (TPSA) is 111 Å². The van der Waals surface area contributed by atoms with Gasteiger partial charge < -0.3 is 9.47 Å². The average molecular weight is 507 g/mol. The van der Waals surface area contributed by atoms with Crippen molar-refractivity contribution in [3.05, 3.63) is 99.4 Å². The predicted octanol–water partition coefficient (Wildman–Crippen LogP) is 4.15. The highest BCUT2D eigenvalue weighted by Gasteiger charge is 2.34. The molecule has 0 unspecified atom stereocenters. The molecule has 0 aliphatic carbocycles. The summed E-state index contributed by atoms with van der Waals surface area (Å²) in [5, 5.41) is 13.3. The summed E-state index contributed by atoms with van der Waals surface area (Å²) in [4.78, 5) is 37.2. The number of benzene rings is 3. The number of non-ortho nitro benzene ring substituents is 1. The molecule has 9 nitrogen and oxygen atoms in total. The molecule has 1 saturated heterocycles. The summed E-state index contributed by atoms with van der Waals surface area (Å²) in [5.74, 6) is -1.13. The number of amides is 2. The Kier molecular flexibility index (Phi) is 7.02. The molecule has 182 valence electrons. The largest absolute Gasteiger partial charge is 0.493 e. The molecule has 1 fully saturated rings. The molecule has 1 aliphatic heterocycles. The van der Waals surface area contributed by atoms with Crippen molar-refractivity contribution < 1.29 is 28.4 Å². The molecule has 1 aliphatic rings. The Hall–Kier alpha value is -4.64. The highest BCUT2D eigenvalue weighted by molar-refractivity contribution is 7.80. The average Bonchev–Trinajstić information content (AvgIpc) is 2.86. The van der Waals surface area contributed by atoms with Crippen molar-refractivity contribution in [2.75, 3.05) is 12.0 Å². The maximum absolute atomic E-state index is 13.3. The van der Waals surface area contributed by atoms with Gasteiger partial charge in [0.15, 0.2) is 16.6 Å². The lowest BCUT2D eigenvalue weighted by molar-refractivity contribution is -0.384. The van der Waals surface area contributed by atoms with Crippen molar-refractivity contribution in [1.29, 1.82) is 0 Å². The fraction of sp³-hybridized carbons (Fsp3) is 0.0800. The number of rotatable bonds is 7. The zero-order valence-electron chi connectivity index (χ0n) is 18.8. The maximum Gasteiger partial charge on any atom is 0.270 e. The Morgan fingerprint density at radius 3 is 2.53 bits per heavy atom. The van der Waals surface area contributed by atoms with Crippen molar-refractivity contribution in [2.45, 2.75) is 6.61 Å². The molecular formula is C25H18FN3O6S. The van der Waals surface area contributed by atoms with Crippen LogP contribution in [0.4, 0.5) is 15.8 Å². The molecule has 4 rings (SSSR count). The number of hydrogen-bond acceptors (Lipinski definition) is 7. The molecule has 11 heteroatoms. The van der Waals surface area contributed by atoms with Gasteiger partial charge in [0, 0.05) is 12.1 Å². The monoisotopic (exact) mass is 507 g/mol. The van der Waals surface area contributed by atoms with Crippen LogP contribution in [-0.4, -0.2) is 29.0 Å². The summed E-state index contributed by atoms with van der Waals surface area (Å²) in [5.41, 5.74) is 1.15. The van der Waals surface area contributed by atoms with E-state index in [1.807, 2.05) is 0 Å². The van der Waals surface area contributed by atoms with Crippen LogP contribution in [0.3, 0.4) is 0 Å². The third kappa shape index (κ3) is 5.20. The number of hydrogen-bond donors (Lipinski definition) is 1. The Labute approximate surface area is 209 Å². The van der Waals surface area contributed by atoms with Crippen LogP contribution in [0.5, 0.6) is 11.5 Å². The molecule has 0 atom stereocenters. The first-order valence-electron chi connectivity index (χ1n) is 10.5. The van der Waals surface area contributed by atoms with Crippen LogP contribution in [0.25, 0.3) is 6.08 Å². The first kappa shape index (κ1) is 24.5. The summed E-state index contributed by atoms with van der Waals surface area (Å²) < 4.78 is 24.5. The Bertz CT molecular complexity index is 1410. The fourth-order valence-electron chi connectivity index (χ4n) is 3.46. The number of nitrogens with zero attached hydrogens (tertiary/aromatic N) is 2. The van der Waals surface area contributed by atoms with Gasteiger partial charge >= 0.3 is 0 Å². The minimum absolute atomic E-state index is 0.0466. The van der Waals surface area contributed by atoms with Gasteiger partial charge in [0.2, 0.25) is 0 Å². The van der Waals surface area contributed by atoms with Gasteiger partial charge in [0.25, 0.3) is 17.5 Å². The predicted molar refractivity (Wildman–Crippen MR) is 133 cm³/mol. The first-order valence-corrected chi connectivity index (χ1v) is 10.9. The number of carbonyl (C=O) groups is 2. The van der Waals surface area contributed by atoms with E-state index in [0.717, 1.165) is 4.90 Å². The zero-order valence-corrected chi connectivity index (χ0v) is 19.6. The van der Waals surface area contributed by atoms with Crippen molar-refractivity contribution in [1.82, 2.24) is 5.32 Å². The van der Waals surface area contributed by atoms with E-state index in [9.17, 15) is 24.1 Å².